The van der Waals surface area contributed by atoms with Crippen LogP contribution in [0.5, 0.6) is 5.75 Å². The second kappa shape index (κ2) is 6.30. The fraction of sp³-hybridized carbons (Fsp3) is 0.286. The van der Waals surface area contributed by atoms with Gasteiger partial charge in [0, 0.05) is 30.6 Å². The van der Waals surface area contributed by atoms with Crippen molar-refractivity contribution < 1.29 is 4.74 Å². The Kier molecular flexibility index (Phi) is 3.69. The van der Waals surface area contributed by atoms with Gasteiger partial charge in [0.15, 0.2) is 5.75 Å². The average Bonchev–Trinajstić information content (AvgIpc) is 3.14. The lowest BCUT2D eigenvalue weighted by molar-refractivity contribution is 0.274. The minimum absolute atomic E-state index is 0.216. The summed E-state index contributed by atoms with van der Waals surface area (Å²) in [5.74, 6) is 1.57. The standard InChI is InChI=1S/C21H19ClN6O/c1-11-2-3-15-14(8-26-27-15)17(11)13-6-16-18-20(19(13)22)29-9-12-7-23-4-5-28(12)21(18)25-10-24-16/h2-3,6,8,10,12,23H,4-5,7,9H2,1H3,(H,26,27)/t12-/m1/s1. The van der Waals surface area contributed by atoms with E-state index in [1.165, 1.54) is 0 Å². The first-order chi connectivity index (χ1) is 14.2. The van der Waals surface area contributed by atoms with Gasteiger partial charge in [0.05, 0.1) is 33.7 Å². The van der Waals surface area contributed by atoms with E-state index in [9.17, 15) is 0 Å². The topological polar surface area (TPSA) is 79.0 Å². The summed E-state index contributed by atoms with van der Waals surface area (Å²) in [7, 11) is 0. The van der Waals surface area contributed by atoms with E-state index < -0.39 is 0 Å². The van der Waals surface area contributed by atoms with E-state index in [0.717, 1.165) is 63.9 Å². The second-order valence-corrected chi connectivity index (χ2v) is 7.99. The number of aromatic nitrogens is 4. The number of H-pyrrole nitrogens is 1. The molecule has 0 saturated carbocycles. The number of hydrogen-bond donors (Lipinski definition) is 2. The molecule has 0 unspecified atom stereocenters. The van der Waals surface area contributed by atoms with Gasteiger partial charge in [0.2, 0.25) is 0 Å². The number of aromatic amines is 1. The van der Waals surface area contributed by atoms with E-state index in [4.69, 9.17) is 16.3 Å². The zero-order chi connectivity index (χ0) is 19.5. The Hall–Kier alpha value is -2.90. The van der Waals surface area contributed by atoms with Crippen LogP contribution in [-0.2, 0) is 0 Å². The van der Waals surface area contributed by atoms with Gasteiger partial charge in [-0.1, -0.05) is 17.7 Å². The maximum absolute atomic E-state index is 6.99. The largest absolute Gasteiger partial charge is 0.489 e. The van der Waals surface area contributed by atoms with Gasteiger partial charge in [0.25, 0.3) is 0 Å². The Morgan fingerprint density at radius 1 is 1.28 bits per heavy atom. The molecule has 1 saturated heterocycles. The van der Waals surface area contributed by atoms with Crippen LogP contribution in [-0.4, -0.2) is 52.4 Å². The van der Waals surface area contributed by atoms with Crippen LogP contribution in [0, 0.1) is 6.92 Å². The van der Waals surface area contributed by atoms with Crippen LogP contribution < -0.4 is 15.0 Å². The minimum atomic E-state index is 0.216. The number of hydrogen-bond acceptors (Lipinski definition) is 6. The highest BCUT2D eigenvalue weighted by Gasteiger charge is 2.32. The first-order valence-electron chi connectivity index (χ1n) is 9.73. The summed E-state index contributed by atoms with van der Waals surface area (Å²) in [6.45, 7) is 5.30. The van der Waals surface area contributed by atoms with Gasteiger partial charge in [-0.3, -0.25) is 5.10 Å². The molecule has 2 aliphatic rings. The highest BCUT2D eigenvalue weighted by Crippen LogP contribution is 2.47. The molecular formula is C21H19ClN6O. The monoisotopic (exact) mass is 406 g/mol. The van der Waals surface area contributed by atoms with Gasteiger partial charge < -0.3 is 15.0 Å². The summed E-state index contributed by atoms with van der Waals surface area (Å²) in [6, 6.07) is 6.37. The molecule has 2 aliphatic heterocycles. The minimum Gasteiger partial charge on any atom is -0.489 e. The predicted octanol–water partition coefficient (Wildman–Crippen LogP) is 3.31. The number of nitrogens with zero attached hydrogens (tertiary/aromatic N) is 4. The lowest BCUT2D eigenvalue weighted by Crippen LogP contribution is -2.53. The molecule has 0 radical (unpaired) electrons. The quantitative estimate of drug-likeness (QED) is 0.505. The lowest BCUT2D eigenvalue weighted by atomic mass is 9.95. The number of aryl methyl sites for hydroxylation is 1. The Morgan fingerprint density at radius 2 is 2.21 bits per heavy atom. The van der Waals surface area contributed by atoms with E-state index in [1.807, 2.05) is 18.3 Å². The zero-order valence-electron chi connectivity index (χ0n) is 15.9. The Labute approximate surface area is 172 Å². The van der Waals surface area contributed by atoms with Gasteiger partial charge in [-0.2, -0.15) is 5.10 Å². The third-order valence-corrected chi connectivity index (χ3v) is 6.32. The van der Waals surface area contributed by atoms with E-state index >= 15 is 0 Å². The van der Waals surface area contributed by atoms with Crippen molar-refractivity contribution in [2.45, 2.75) is 13.0 Å². The summed E-state index contributed by atoms with van der Waals surface area (Å²) < 4.78 is 6.30. The van der Waals surface area contributed by atoms with E-state index in [1.54, 1.807) is 6.33 Å². The summed E-state index contributed by atoms with van der Waals surface area (Å²) in [5, 5.41) is 13.2. The number of benzene rings is 2. The highest BCUT2D eigenvalue weighted by molar-refractivity contribution is 6.37. The van der Waals surface area contributed by atoms with Crippen LogP contribution in [0.25, 0.3) is 32.9 Å². The van der Waals surface area contributed by atoms with Crippen molar-refractivity contribution in [1.82, 2.24) is 25.5 Å². The molecule has 0 spiro atoms. The van der Waals surface area contributed by atoms with Crippen molar-refractivity contribution in [2.75, 3.05) is 31.1 Å². The molecule has 8 heteroatoms. The first kappa shape index (κ1) is 17.0. The van der Waals surface area contributed by atoms with Crippen molar-refractivity contribution in [3.8, 4) is 16.9 Å². The maximum atomic E-state index is 6.99. The molecule has 4 aromatic rings. The number of rotatable bonds is 1. The van der Waals surface area contributed by atoms with Crippen molar-refractivity contribution >= 4 is 39.2 Å². The van der Waals surface area contributed by atoms with Gasteiger partial charge in [-0.05, 0) is 30.2 Å². The summed E-state index contributed by atoms with van der Waals surface area (Å²) >= 11 is 6.99. The molecule has 1 fully saturated rings. The van der Waals surface area contributed by atoms with Crippen LogP contribution in [0.1, 0.15) is 5.56 Å². The van der Waals surface area contributed by atoms with Crippen LogP contribution in [0.15, 0.2) is 30.7 Å². The molecule has 0 aliphatic carbocycles. The van der Waals surface area contributed by atoms with Crippen LogP contribution in [0.4, 0.5) is 5.82 Å². The smallest absolute Gasteiger partial charge is 0.151 e. The number of piperazine rings is 1. The average molecular weight is 407 g/mol. The predicted molar refractivity (Wildman–Crippen MR) is 114 cm³/mol. The molecule has 4 heterocycles. The molecule has 7 nitrogen and oxygen atoms in total. The van der Waals surface area contributed by atoms with Crippen molar-refractivity contribution in [3.05, 3.63) is 41.3 Å². The molecule has 2 aromatic heterocycles. The van der Waals surface area contributed by atoms with Crippen LogP contribution in [0.3, 0.4) is 0 Å². The molecule has 0 amide bonds. The molecule has 6 rings (SSSR count). The number of anilines is 1. The second-order valence-electron chi connectivity index (χ2n) is 7.61. The number of ether oxygens (including phenoxy) is 1. The van der Waals surface area contributed by atoms with Gasteiger partial charge >= 0.3 is 0 Å². The SMILES string of the molecule is Cc1ccc2[nH]ncc2c1-c1cc2ncnc3c2c(c1Cl)OC[C@H]1CNCCN31. The molecule has 1 atom stereocenters. The zero-order valence-corrected chi connectivity index (χ0v) is 16.6. The third-order valence-electron chi connectivity index (χ3n) is 5.94. The number of nitrogens with one attached hydrogen (secondary N) is 2. The molecule has 0 bridgehead atoms. The fourth-order valence-corrected chi connectivity index (χ4v) is 4.83. The van der Waals surface area contributed by atoms with Gasteiger partial charge in [0.1, 0.15) is 18.8 Å². The Morgan fingerprint density at radius 3 is 3.14 bits per heavy atom. The Bertz CT molecular complexity index is 1270. The Balaban J connectivity index is 1.66. The van der Waals surface area contributed by atoms with Crippen LogP contribution in [0.2, 0.25) is 5.02 Å². The van der Waals surface area contributed by atoms with E-state index in [2.05, 4.69) is 43.4 Å². The maximum Gasteiger partial charge on any atom is 0.151 e. The highest BCUT2D eigenvalue weighted by atomic mass is 35.5. The van der Waals surface area contributed by atoms with Crippen molar-refractivity contribution in [1.29, 1.82) is 0 Å². The third kappa shape index (κ3) is 2.44. The van der Waals surface area contributed by atoms with Gasteiger partial charge in [-0.15, -0.1) is 0 Å². The number of fused-ring (bicyclic) bond motifs is 3. The summed E-state index contributed by atoms with van der Waals surface area (Å²) in [4.78, 5) is 11.5. The van der Waals surface area contributed by atoms with E-state index in [0.29, 0.717) is 17.4 Å². The molecule has 2 aromatic carbocycles. The summed E-state index contributed by atoms with van der Waals surface area (Å²) in [5.41, 5.74) is 4.88. The molecule has 146 valence electrons. The molecule has 29 heavy (non-hydrogen) atoms. The normalized spacial score (nSPS) is 18.6. The fourth-order valence-electron chi connectivity index (χ4n) is 4.54. The lowest BCUT2D eigenvalue weighted by Gasteiger charge is -2.35. The molecular weight excluding hydrogens is 388 g/mol. The van der Waals surface area contributed by atoms with Crippen molar-refractivity contribution in [2.24, 2.45) is 0 Å². The number of halogens is 1. The van der Waals surface area contributed by atoms with E-state index in [-0.39, 0.29) is 6.04 Å². The van der Waals surface area contributed by atoms with Crippen molar-refractivity contribution in [3.63, 3.8) is 0 Å². The summed E-state index contributed by atoms with van der Waals surface area (Å²) in [6.07, 6.45) is 3.48. The first-order valence-corrected chi connectivity index (χ1v) is 10.1. The molecule has 2 N–H and O–H groups in total. The van der Waals surface area contributed by atoms with Gasteiger partial charge in [-0.25, -0.2) is 9.97 Å². The van der Waals surface area contributed by atoms with Crippen LogP contribution >= 0.6 is 11.6 Å².